The lowest BCUT2D eigenvalue weighted by molar-refractivity contribution is -0.149. The van der Waals surface area contributed by atoms with E-state index in [4.69, 9.17) is 14.5 Å². The van der Waals surface area contributed by atoms with Gasteiger partial charge < -0.3 is 19.7 Å². The molecule has 1 amide bonds. The molecule has 0 radical (unpaired) electrons. The average molecular weight is 387 g/mol. The molecular weight excluding hydrogens is 358 g/mol. The third kappa shape index (κ3) is 3.71. The number of likely N-dealkylation sites (tertiary alicyclic amines) is 1. The van der Waals surface area contributed by atoms with Gasteiger partial charge in [-0.15, -0.1) is 0 Å². The zero-order valence-corrected chi connectivity index (χ0v) is 16.8. The molecule has 2 saturated heterocycles. The molecule has 0 spiro atoms. The summed E-state index contributed by atoms with van der Waals surface area (Å²) in [5.41, 5.74) is 0.994. The third-order valence-electron chi connectivity index (χ3n) is 5.93. The van der Waals surface area contributed by atoms with Gasteiger partial charge in [0.15, 0.2) is 11.5 Å². The maximum atomic E-state index is 12.6. The van der Waals surface area contributed by atoms with Gasteiger partial charge in [0, 0.05) is 51.1 Å². The molecule has 0 aliphatic carbocycles. The van der Waals surface area contributed by atoms with E-state index in [9.17, 15) is 4.79 Å². The Kier molecular flexibility index (Phi) is 5.25. The third-order valence-corrected chi connectivity index (χ3v) is 5.93. The standard InChI is InChI=1S/C20H29N5O3/c1-20(2,27-3)19(26)25-9-6-13(12-25)16-5-4-15-17(23-24-18(15)22-16)21-14-7-10-28-11-8-14/h4-5,13-14H,6-12H2,1-3H3,(H2,21,22,23,24). The second kappa shape index (κ2) is 7.67. The molecule has 0 aromatic carbocycles. The van der Waals surface area contributed by atoms with Crippen LogP contribution in [0.5, 0.6) is 0 Å². The van der Waals surface area contributed by atoms with E-state index in [2.05, 4.69) is 27.6 Å². The number of anilines is 1. The highest BCUT2D eigenvalue weighted by Crippen LogP contribution is 2.30. The molecular formula is C20H29N5O3. The van der Waals surface area contributed by atoms with Crippen molar-refractivity contribution in [1.82, 2.24) is 20.1 Å². The van der Waals surface area contributed by atoms with Crippen LogP contribution in [0.25, 0.3) is 11.0 Å². The predicted octanol–water partition coefficient (Wildman–Crippen LogP) is 2.29. The van der Waals surface area contributed by atoms with E-state index in [1.54, 1.807) is 7.11 Å². The van der Waals surface area contributed by atoms with E-state index in [-0.39, 0.29) is 11.8 Å². The zero-order valence-electron chi connectivity index (χ0n) is 16.8. The Balaban J connectivity index is 1.46. The normalized spacial score (nSPS) is 21.4. The van der Waals surface area contributed by atoms with Gasteiger partial charge in [0.1, 0.15) is 5.60 Å². The topological polar surface area (TPSA) is 92.4 Å². The number of amides is 1. The molecule has 8 nitrogen and oxygen atoms in total. The summed E-state index contributed by atoms with van der Waals surface area (Å²) in [6.45, 7) is 6.61. The number of nitrogens with zero attached hydrogens (tertiary/aromatic N) is 3. The fraction of sp³-hybridized carbons (Fsp3) is 0.650. The number of hydrogen-bond acceptors (Lipinski definition) is 6. The highest BCUT2D eigenvalue weighted by atomic mass is 16.5. The number of rotatable bonds is 5. The smallest absolute Gasteiger partial charge is 0.254 e. The van der Waals surface area contributed by atoms with Crippen LogP contribution in [0.15, 0.2) is 12.1 Å². The molecule has 2 N–H and O–H groups in total. The number of methoxy groups -OCH3 is 1. The van der Waals surface area contributed by atoms with E-state index >= 15 is 0 Å². The number of hydrogen-bond donors (Lipinski definition) is 2. The van der Waals surface area contributed by atoms with E-state index in [1.807, 2.05) is 18.7 Å². The first-order valence-corrected chi connectivity index (χ1v) is 10.0. The summed E-state index contributed by atoms with van der Waals surface area (Å²) in [4.78, 5) is 19.3. The fourth-order valence-corrected chi connectivity index (χ4v) is 3.95. The summed E-state index contributed by atoms with van der Waals surface area (Å²) in [5.74, 6) is 1.12. The molecule has 2 fully saturated rings. The molecule has 2 aromatic rings. The summed E-state index contributed by atoms with van der Waals surface area (Å²) in [6, 6.07) is 4.53. The molecule has 152 valence electrons. The molecule has 2 aromatic heterocycles. The Morgan fingerprint density at radius 3 is 2.86 bits per heavy atom. The average Bonchev–Trinajstić information content (AvgIpc) is 3.35. The highest BCUT2D eigenvalue weighted by molar-refractivity contribution is 5.87. The van der Waals surface area contributed by atoms with E-state index < -0.39 is 5.60 Å². The van der Waals surface area contributed by atoms with Gasteiger partial charge in [-0.25, -0.2) is 4.98 Å². The van der Waals surface area contributed by atoms with Crippen LogP contribution in [0.2, 0.25) is 0 Å². The molecule has 0 saturated carbocycles. The summed E-state index contributed by atoms with van der Waals surface area (Å²) in [6.07, 6.45) is 2.89. The van der Waals surface area contributed by atoms with E-state index in [0.717, 1.165) is 61.6 Å². The SMILES string of the molecule is COC(C)(C)C(=O)N1CCC(c2ccc3c(NC4CCOCC4)n[nH]c3n2)C1. The molecule has 8 heteroatoms. The summed E-state index contributed by atoms with van der Waals surface area (Å²) >= 11 is 0. The number of pyridine rings is 1. The second-order valence-electron chi connectivity index (χ2n) is 8.19. The number of carbonyl (C=O) groups is 1. The van der Waals surface area contributed by atoms with Crippen molar-refractivity contribution in [2.45, 2.75) is 50.7 Å². The van der Waals surface area contributed by atoms with Gasteiger partial charge in [0.25, 0.3) is 5.91 Å². The van der Waals surface area contributed by atoms with Gasteiger partial charge in [0.2, 0.25) is 0 Å². The van der Waals surface area contributed by atoms with Crippen molar-refractivity contribution < 1.29 is 14.3 Å². The van der Waals surface area contributed by atoms with E-state index in [0.29, 0.717) is 12.6 Å². The van der Waals surface area contributed by atoms with Crippen molar-refractivity contribution >= 4 is 22.8 Å². The van der Waals surface area contributed by atoms with Gasteiger partial charge in [0.05, 0.1) is 5.39 Å². The number of carbonyl (C=O) groups excluding carboxylic acids is 1. The number of aromatic amines is 1. The Labute approximate surface area is 165 Å². The van der Waals surface area contributed by atoms with Crippen molar-refractivity contribution in [2.24, 2.45) is 0 Å². The number of fused-ring (bicyclic) bond motifs is 1. The molecule has 4 heterocycles. The largest absolute Gasteiger partial charge is 0.381 e. The van der Waals surface area contributed by atoms with Gasteiger partial charge >= 0.3 is 0 Å². The molecule has 28 heavy (non-hydrogen) atoms. The fourth-order valence-electron chi connectivity index (χ4n) is 3.95. The van der Waals surface area contributed by atoms with Crippen LogP contribution in [0.1, 0.15) is 44.7 Å². The molecule has 2 aliphatic heterocycles. The Morgan fingerprint density at radius 2 is 2.11 bits per heavy atom. The monoisotopic (exact) mass is 387 g/mol. The minimum atomic E-state index is -0.791. The van der Waals surface area contributed by atoms with Crippen LogP contribution in [-0.4, -0.2) is 71.0 Å². The molecule has 0 bridgehead atoms. The first-order valence-electron chi connectivity index (χ1n) is 10.0. The molecule has 1 atom stereocenters. The van der Waals surface area contributed by atoms with Gasteiger partial charge in [-0.05, 0) is 45.2 Å². The molecule has 2 aliphatic rings. The zero-order chi connectivity index (χ0) is 19.7. The summed E-state index contributed by atoms with van der Waals surface area (Å²) in [7, 11) is 1.57. The van der Waals surface area contributed by atoms with Gasteiger partial charge in [-0.3, -0.25) is 9.89 Å². The van der Waals surface area contributed by atoms with Crippen LogP contribution in [0, 0.1) is 0 Å². The summed E-state index contributed by atoms with van der Waals surface area (Å²) in [5, 5.41) is 12.0. The number of ether oxygens (including phenoxy) is 2. The van der Waals surface area contributed by atoms with Crippen molar-refractivity contribution in [1.29, 1.82) is 0 Å². The van der Waals surface area contributed by atoms with Gasteiger partial charge in [-0.2, -0.15) is 5.10 Å². The Hall–Kier alpha value is -2.19. The van der Waals surface area contributed by atoms with Crippen LogP contribution in [0.3, 0.4) is 0 Å². The van der Waals surface area contributed by atoms with Crippen LogP contribution in [-0.2, 0) is 14.3 Å². The Bertz CT molecular complexity index is 843. The van der Waals surface area contributed by atoms with Crippen LogP contribution in [0.4, 0.5) is 5.82 Å². The van der Waals surface area contributed by atoms with Crippen molar-refractivity contribution in [3.8, 4) is 0 Å². The number of aromatic nitrogens is 3. The maximum absolute atomic E-state index is 12.6. The lowest BCUT2D eigenvalue weighted by Crippen LogP contribution is -2.45. The summed E-state index contributed by atoms with van der Waals surface area (Å²) < 4.78 is 10.8. The van der Waals surface area contributed by atoms with Crippen molar-refractivity contribution in [3.05, 3.63) is 17.8 Å². The minimum Gasteiger partial charge on any atom is -0.381 e. The lowest BCUT2D eigenvalue weighted by atomic mass is 10.0. The number of nitrogens with one attached hydrogen (secondary N) is 2. The van der Waals surface area contributed by atoms with E-state index in [1.165, 1.54) is 0 Å². The number of H-pyrrole nitrogens is 1. The quantitative estimate of drug-likeness (QED) is 0.818. The van der Waals surface area contributed by atoms with Crippen LogP contribution >= 0.6 is 0 Å². The van der Waals surface area contributed by atoms with Gasteiger partial charge in [-0.1, -0.05) is 0 Å². The second-order valence-corrected chi connectivity index (χ2v) is 8.19. The maximum Gasteiger partial charge on any atom is 0.254 e. The van der Waals surface area contributed by atoms with Crippen molar-refractivity contribution in [3.63, 3.8) is 0 Å². The minimum absolute atomic E-state index is 0.0306. The predicted molar refractivity (Wildman–Crippen MR) is 106 cm³/mol. The Morgan fingerprint density at radius 1 is 1.32 bits per heavy atom. The first kappa shape index (κ1) is 19.1. The molecule has 4 rings (SSSR count). The van der Waals surface area contributed by atoms with Crippen LogP contribution < -0.4 is 5.32 Å². The highest BCUT2D eigenvalue weighted by Gasteiger charge is 2.36. The lowest BCUT2D eigenvalue weighted by Gasteiger charge is -2.27. The first-order chi connectivity index (χ1) is 13.5. The molecule has 1 unspecified atom stereocenters. The van der Waals surface area contributed by atoms with Crippen molar-refractivity contribution in [2.75, 3.05) is 38.7 Å².